The molecule has 1 aliphatic carbocycles. The Morgan fingerprint density at radius 2 is 1.71 bits per heavy atom. The lowest BCUT2D eigenvalue weighted by Crippen LogP contribution is -2.51. The Morgan fingerprint density at radius 1 is 1.03 bits per heavy atom. The van der Waals surface area contributed by atoms with Gasteiger partial charge in [-0.25, -0.2) is 4.79 Å². The lowest BCUT2D eigenvalue weighted by molar-refractivity contribution is -0.130. The van der Waals surface area contributed by atoms with Gasteiger partial charge >= 0.3 is 6.03 Å². The van der Waals surface area contributed by atoms with Crippen molar-refractivity contribution < 1.29 is 14.4 Å². The maximum absolute atomic E-state index is 12.5. The molecule has 3 N–H and O–H groups in total. The van der Waals surface area contributed by atoms with Crippen LogP contribution in [0.2, 0.25) is 0 Å². The van der Waals surface area contributed by atoms with Gasteiger partial charge in [-0.1, -0.05) is 30.3 Å². The van der Waals surface area contributed by atoms with E-state index in [1.54, 1.807) is 0 Å². The number of hydrogen-bond acceptors (Lipinski definition) is 5. The van der Waals surface area contributed by atoms with E-state index in [1.165, 1.54) is 5.56 Å². The number of nitrogens with one attached hydrogen (secondary N) is 3. The molecule has 0 atom stereocenters. The fourth-order valence-corrected chi connectivity index (χ4v) is 4.92. The van der Waals surface area contributed by atoms with Gasteiger partial charge in [0.2, 0.25) is 5.91 Å². The van der Waals surface area contributed by atoms with E-state index in [2.05, 4.69) is 56.1 Å². The molecule has 2 saturated heterocycles. The summed E-state index contributed by atoms with van der Waals surface area (Å²) in [5.74, 6) is -0.245. The summed E-state index contributed by atoms with van der Waals surface area (Å²) in [7, 11) is 0. The third kappa shape index (κ3) is 5.43. The Kier molecular flexibility index (Phi) is 6.87. The Balaban J connectivity index is 1.09. The van der Waals surface area contributed by atoms with Crippen molar-refractivity contribution in [2.24, 2.45) is 5.92 Å². The highest BCUT2D eigenvalue weighted by Crippen LogP contribution is 2.34. The molecule has 4 rings (SSSR count). The number of benzene rings is 1. The number of nitrogens with zero attached hydrogens (tertiary/aromatic N) is 2. The van der Waals surface area contributed by atoms with Crippen molar-refractivity contribution in [3.05, 3.63) is 35.9 Å². The van der Waals surface area contributed by atoms with Gasteiger partial charge in [0.25, 0.3) is 5.91 Å². The van der Waals surface area contributed by atoms with Crippen LogP contribution in [0.15, 0.2) is 30.3 Å². The van der Waals surface area contributed by atoms with E-state index < -0.39 is 11.6 Å². The van der Waals surface area contributed by atoms with E-state index >= 15 is 0 Å². The van der Waals surface area contributed by atoms with Gasteiger partial charge in [-0.3, -0.25) is 19.8 Å². The third-order valence-corrected chi connectivity index (χ3v) is 6.89. The summed E-state index contributed by atoms with van der Waals surface area (Å²) in [6.07, 6.45) is 3.25. The van der Waals surface area contributed by atoms with E-state index in [0.29, 0.717) is 32.2 Å². The number of carbonyl (C=O) groups is 3. The Bertz CT molecular complexity index is 784. The highest BCUT2D eigenvalue weighted by atomic mass is 16.2. The van der Waals surface area contributed by atoms with Crippen molar-refractivity contribution in [2.45, 2.75) is 44.2 Å². The summed E-state index contributed by atoms with van der Waals surface area (Å²) in [5, 5.41) is 8.12. The number of hydrogen-bond donors (Lipinski definition) is 3. The van der Waals surface area contributed by atoms with Crippen molar-refractivity contribution in [2.75, 3.05) is 39.3 Å². The summed E-state index contributed by atoms with van der Waals surface area (Å²) < 4.78 is 0. The van der Waals surface area contributed by atoms with Gasteiger partial charge in [-0.05, 0) is 44.2 Å². The lowest BCUT2D eigenvalue weighted by Gasteiger charge is -2.35. The molecule has 1 aromatic carbocycles. The second-order valence-corrected chi connectivity index (χ2v) is 9.01. The SMILES string of the molecule is O=C1NC(=O)C2(CCC(C(=O)NCCCN3CCN(Cc4ccccc4)CC3)CC2)N1. The number of imide groups is 1. The van der Waals surface area contributed by atoms with Crippen LogP contribution in [0, 0.1) is 5.92 Å². The first-order valence-corrected chi connectivity index (χ1v) is 11.4. The zero-order valence-electron chi connectivity index (χ0n) is 18.1. The summed E-state index contributed by atoms with van der Waals surface area (Å²) >= 11 is 0. The Labute approximate surface area is 183 Å². The lowest BCUT2D eigenvalue weighted by atomic mass is 9.76. The first kappa shape index (κ1) is 21.8. The fraction of sp³-hybridized carbons (Fsp3) is 0.609. The molecule has 2 heterocycles. The van der Waals surface area contributed by atoms with Crippen LogP contribution in [0.1, 0.15) is 37.7 Å². The number of urea groups is 1. The standard InChI is InChI=1S/C23H33N5O3/c29-20(19-7-9-23(10-8-19)21(30)25-22(31)26-23)24-11-4-12-27-13-15-28(16-14-27)17-18-5-2-1-3-6-18/h1-3,5-6,19H,4,7-17H2,(H,24,29)(H2,25,26,30,31). The van der Waals surface area contributed by atoms with Crippen molar-refractivity contribution in [3.8, 4) is 0 Å². The predicted molar refractivity (Wildman–Crippen MR) is 117 cm³/mol. The van der Waals surface area contributed by atoms with Gasteiger partial charge in [-0.2, -0.15) is 0 Å². The number of piperazine rings is 1. The van der Waals surface area contributed by atoms with Crippen LogP contribution in [0.3, 0.4) is 0 Å². The molecule has 0 unspecified atom stereocenters. The van der Waals surface area contributed by atoms with Crippen molar-refractivity contribution in [1.29, 1.82) is 0 Å². The highest BCUT2D eigenvalue weighted by Gasteiger charge is 2.48. The van der Waals surface area contributed by atoms with Crippen LogP contribution in [0.25, 0.3) is 0 Å². The second-order valence-electron chi connectivity index (χ2n) is 9.01. The zero-order chi connectivity index (χ0) is 21.7. The molecule has 0 radical (unpaired) electrons. The van der Waals surface area contributed by atoms with Gasteiger partial charge in [0.1, 0.15) is 5.54 Å². The average molecular weight is 428 g/mol. The van der Waals surface area contributed by atoms with Crippen LogP contribution in [0.4, 0.5) is 4.79 Å². The van der Waals surface area contributed by atoms with Crippen LogP contribution >= 0.6 is 0 Å². The fourth-order valence-electron chi connectivity index (χ4n) is 4.92. The zero-order valence-corrected chi connectivity index (χ0v) is 18.1. The average Bonchev–Trinajstić information content (AvgIpc) is 3.05. The highest BCUT2D eigenvalue weighted by molar-refractivity contribution is 6.07. The maximum atomic E-state index is 12.5. The molecule has 168 valence electrons. The molecule has 8 heteroatoms. The molecule has 3 fully saturated rings. The van der Waals surface area contributed by atoms with E-state index in [-0.39, 0.29) is 17.7 Å². The minimum Gasteiger partial charge on any atom is -0.356 e. The molecule has 8 nitrogen and oxygen atoms in total. The number of carbonyl (C=O) groups excluding carboxylic acids is 3. The van der Waals surface area contributed by atoms with E-state index in [4.69, 9.17) is 0 Å². The molecular formula is C23H33N5O3. The summed E-state index contributed by atoms with van der Waals surface area (Å²) in [4.78, 5) is 40.9. The van der Waals surface area contributed by atoms with E-state index in [0.717, 1.165) is 45.7 Å². The first-order chi connectivity index (χ1) is 15.0. The van der Waals surface area contributed by atoms with Crippen LogP contribution in [-0.2, 0) is 16.1 Å². The number of amides is 4. The summed E-state index contributed by atoms with van der Waals surface area (Å²) in [5.41, 5.74) is 0.569. The van der Waals surface area contributed by atoms with Crippen LogP contribution in [-0.4, -0.2) is 72.5 Å². The minimum absolute atomic E-state index is 0.0718. The molecule has 4 amide bonds. The molecule has 1 aromatic rings. The summed E-state index contributed by atoms with van der Waals surface area (Å²) in [6, 6.07) is 10.2. The first-order valence-electron chi connectivity index (χ1n) is 11.4. The molecule has 0 bridgehead atoms. The maximum Gasteiger partial charge on any atom is 0.322 e. The topological polar surface area (TPSA) is 93.8 Å². The van der Waals surface area contributed by atoms with E-state index in [9.17, 15) is 14.4 Å². The van der Waals surface area contributed by atoms with Gasteiger partial charge in [0.15, 0.2) is 0 Å². The second kappa shape index (κ2) is 9.78. The normalized spacial score (nSPS) is 27.2. The molecule has 1 saturated carbocycles. The molecule has 2 aliphatic heterocycles. The van der Waals surface area contributed by atoms with Crippen LogP contribution < -0.4 is 16.0 Å². The third-order valence-electron chi connectivity index (χ3n) is 6.89. The number of rotatable bonds is 7. The molecular weight excluding hydrogens is 394 g/mol. The van der Waals surface area contributed by atoms with Gasteiger partial charge < -0.3 is 15.5 Å². The van der Waals surface area contributed by atoms with Gasteiger partial charge in [0.05, 0.1) is 0 Å². The molecule has 0 aromatic heterocycles. The van der Waals surface area contributed by atoms with Crippen molar-refractivity contribution in [1.82, 2.24) is 25.8 Å². The monoisotopic (exact) mass is 427 g/mol. The quantitative estimate of drug-likeness (QED) is 0.447. The van der Waals surface area contributed by atoms with E-state index in [1.807, 2.05) is 0 Å². The van der Waals surface area contributed by atoms with Gasteiger partial charge in [-0.15, -0.1) is 0 Å². The minimum atomic E-state index is -0.795. The van der Waals surface area contributed by atoms with Gasteiger partial charge in [0, 0.05) is 45.2 Å². The summed E-state index contributed by atoms with van der Waals surface area (Å²) in [6.45, 7) is 6.99. The van der Waals surface area contributed by atoms with Crippen molar-refractivity contribution in [3.63, 3.8) is 0 Å². The molecule has 3 aliphatic rings. The molecule has 31 heavy (non-hydrogen) atoms. The Morgan fingerprint density at radius 3 is 2.35 bits per heavy atom. The predicted octanol–water partition coefficient (Wildman–Crippen LogP) is 1.08. The smallest absolute Gasteiger partial charge is 0.322 e. The van der Waals surface area contributed by atoms with Crippen molar-refractivity contribution >= 4 is 17.8 Å². The van der Waals surface area contributed by atoms with Crippen LogP contribution in [0.5, 0.6) is 0 Å². The Hall–Kier alpha value is -2.45. The largest absolute Gasteiger partial charge is 0.356 e. The molecule has 1 spiro atoms.